The summed E-state index contributed by atoms with van der Waals surface area (Å²) in [5.74, 6) is 0.477. The van der Waals surface area contributed by atoms with Crippen LogP contribution < -0.4 is 10.5 Å². The summed E-state index contributed by atoms with van der Waals surface area (Å²) in [4.78, 5) is 0.0828. The number of aryl methyl sites for hydroxylation is 1. The van der Waals surface area contributed by atoms with Crippen molar-refractivity contribution in [1.82, 2.24) is 14.5 Å². The Labute approximate surface area is 114 Å². The van der Waals surface area contributed by atoms with Crippen LogP contribution in [-0.4, -0.2) is 24.7 Å². The average molecular weight is 286 g/mol. The van der Waals surface area contributed by atoms with Crippen LogP contribution in [-0.2, 0) is 16.6 Å². The molecule has 1 aromatic rings. The van der Waals surface area contributed by atoms with Gasteiger partial charge in [-0.2, -0.15) is 5.10 Å². The third-order valence-corrected chi connectivity index (χ3v) is 5.17. The lowest BCUT2D eigenvalue weighted by Crippen LogP contribution is -2.27. The zero-order valence-electron chi connectivity index (χ0n) is 11.7. The summed E-state index contributed by atoms with van der Waals surface area (Å²) in [7, 11) is -3.55. The smallest absolute Gasteiger partial charge is 0.245 e. The Bertz CT molecular complexity index is 562. The third-order valence-electron chi connectivity index (χ3n) is 3.73. The highest BCUT2D eigenvalue weighted by Gasteiger charge is 2.45. The van der Waals surface area contributed by atoms with Crippen molar-refractivity contribution >= 4 is 15.8 Å². The number of nitrogens with one attached hydrogen (secondary N) is 1. The van der Waals surface area contributed by atoms with Gasteiger partial charge in [0.05, 0.1) is 0 Å². The highest BCUT2D eigenvalue weighted by Crippen LogP contribution is 2.51. The molecule has 0 bridgehead atoms. The number of aromatic nitrogens is 2. The summed E-state index contributed by atoms with van der Waals surface area (Å²) in [6, 6.07) is 0. The van der Waals surface area contributed by atoms with Gasteiger partial charge in [0.15, 0.2) is 5.82 Å². The third kappa shape index (κ3) is 3.09. The van der Waals surface area contributed by atoms with Gasteiger partial charge in [0, 0.05) is 19.3 Å². The molecule has 19 heavy (non-hydrogen) atoms. The molecule has 0 aromatic carbocycles. The highest BCUT2D eigenvalue weighted by atomic mass is 32.2. The zero-order valence-corrected chi connectivity index (χ0v) is 12.5. The van der Waals surface area contributed by atoms with E-state index in [-0.39, 0.29) is 16.1 Å². The van der Waals surface area contributed by atoms with Crippen molar-refractivity contribution in [2.45, 2.75) is 45.1 Å². The minimum atomic E-state index is -3.55. The Balaban J connectivity index is 2.06. The van der Waals surface area contributed by atoms with Gasteiger partial charge in [0.2, 0.25) is 10.0 Å². The second kappa shape index (κ2) is 4.79. The van der Waals surface area contributed by atoms with E-state index in [1.807, 2.05) is 6.92 Å². The van der Waals surface area contributed by atoms with Crippen molar-refractivity contribution in [2.24, 2.45) is 11.3 Å². The Morgan fingerprint density at radius 2 is 2.21 bits per heavy atom. The van der Waals surface area contributed by atoms with Crippen LogP contribution in [0.2, 0.25) is 0 Å². The number of hydrogen-bond acceptors (Lipinski definition) is 4. The van der Waals surface area contributed by atoms with Crippen molar-refractivity contribution in [1.29, 1.82) is 0 Å². The molecular formula is C12H22N4O2S. The maximum absolute atomic E-state index is 12.2. The summed E-state index contributed by atoms with van der Waals surface area (Å²) in [5.41, 5.74) is 5.93. The first-order chi connectivity index (χ1) is 8.76. The molecule has 1 atom stereocenters. The van der Waals surface area contributed by atoms with E-state index in [0.717, 1.165) is 12.8 Å². The Hall–Kier alpha value is -1.08. The summed E-state index contributed by atoms with van der Waals surface area (Å²) < 4.78 is 28.5. The summed E-state index contributed by atoms with van der Waals surface area (Å²) in [6.45, 7) is 7.40. The van der Waals surface area contributed by atoms with E-state index in [1.165, 1.54) is 6.20 Å². The molecule has 1 aromatic heterocycles. The molecule has 0 saturated heterocycles. The fourth-order valence-corrected chi connectivity index (χ4v) is 3.33. The SMILES string of the molecule is CCCn1cc(S(=O)(=O)NCC2CC2(C)C)c(N)n1. The molecule has 0 radical (unpaired) electrons. The Kier molecular flexibility index (Phi) is 3.61. The largest absolute Gasteiger partial charge is 0.381 e. The van der Waals surface area contributed by atoms with Crippen molar-refractivity contribution in [3.63, 3.8) is 0 Å². The topological polar surface area (TPSA) is 90.0 Å². The van der Waals surface area contributed by atoms with Gasteiger partial charge in [0.1, 0.15) is 4.90 Å². The van der Waals surface area contributed by atoms with Gasteiger partial charge in [-0.15, -0.1) is 0 Å². The van der Waals surface area contributed by atoms with Crippen molar-refractivity contribution < 1.29 is 8.42 Å². The predicted octanol–water partition coefficient (Wildman–Crippen LogP) is 1.20. The van der Waals surface area contributed by atoms with Crippen molar-refractivity contribution in [3.05, 3.63) is 6.20 Å². The van der Waals surface area contributed by atoms with Crippen LogP contribution in [0.3, 0.4) is 0 Å². The summed E-state index contributed by atoms with van der Waals surface area (Å²) in [6.07, 6.45) is 3.43. The number of nitrogens with zero attached hydrogens (tertiary/aromatic N) is 2. The van der Waals surface area contributed by atoms with Gasteiger partial charge in [-0.25, -0.2) is 13.1 Å². The number of nitrogen functional groups attached to an aromatic ring is 1. The van der Waals surface area contributed by atoms with Crippen LogP contribution in [0.15, 0.2) is 11.1 Å². The molecule has 1 aliphatic rings. The Morgan fingerprint density at radius 3 is 2.74 bits per heavy atom. The lowest BCUT2D eigenvalue weighted by molar-refractivity contribution is 0.537. The van der Waals surface area contributed by atoms with E-state index in [9.17, 15) is 8.42 Å². The molecule has 1 fully saturated rings. The lowest BCUT2D eigenvalue weighted by atomic mass is 10.1. The molecule has 6 nitrogen and oxygen atoms in total. The predicted molar refractivity (Wildman–Crippen MR) is 74.0 cm³/mol. The maximum Gasteiger partial charge on any atom is 0.245 e. The van der Waals surface area contributed by atoms with Crippen molar-refractivity contribution in [3.8, 4) is 0 Å². The molecule has 1 heterocycles. The lowest BCUT2D eigenvalue weighted by Gasteiger charge is -2.06. The molecular weight excluding hydrogens is 264 g/mol. The fourth-order valence-electron chi connectivity index (χ4n) is 2.18. The van der Waals surface area contributed by atoms with Gasteiger partial charge >= 0.3 is 0 Å². The second-order valence-electron chi connectivity index (χ2n) is 5.88. The van der Waals surface area contributed by atoms with Gasteiger partial charge in [0.25, 0.3) is 0 Å². The molecule has 7 heteroatoms. The molecule has 1 saturated carbocycles. The van der Waals surface area contributed by atoms with E-state index in [1.54, 1.807) is 4.68 Å². The molecule has 0 amide bonds. The first kappa shape index (κ1) is 14.3. The fraction of sp³-hybridized carbons (Fsp3) is 0.750. The molecule has 2 rings (SSSR count). The van der Waals surface area contributed by atoms with E-state index in [2.05, 4.69) is 23.7 Å². The van der Waals surface area contributed by atoms with Crippen LogP contribution in [0.25, 0.3) is 0 Å². The number of nitrogens with two attached hydrogens (primary N) is 1. The first-order valence-corrected chi connectivity index (χ1v) is 8.07. The zero-order chi connectivity index (χ0) is 14.3. The number of rotatable bonds is 6. The number of anilines is 1. The second-order valence-corrected chi connectivity index (χ2v) is 7.62. The van der Waals surface area contributed by atoms with E-state index in [4.69, 9.17) is 5.73 Å². The molecule has 3 N–H and O–H groups in total. The minimum absolute atomic E-state index is 0.0657. The van der Waals surface area contributed by atoms with Crippen LogP contribution in [0, 0.1) is 11.3 Å². The summed E-state index contributed by atoms with van der Waals surface area (Å²) >= 11 is 0. The first-order valence-electron chi connectivity index (χ1n) is 6.59. The average Bonchev–Trinajstić information content (AvgIpc) is 2.72. The molecule has 0 aliphatic heterocycles. The normalized spacial score (nSPS) is 21.5. The summed E-state index contributed by atoms with van der Waals surface area (Å²) in [5, 5.41) is 4.01. The van der Waals surface area contributed by atoms with E-state index >= 15 is 0 Å². The van der Waals surface area contributed by atoms with Gasteiger partial charge in [-0.3, -0.25) is 4.68 Å². The van der Waals surface area contributed by atoms with Crippen molar-refractivity contribution in [2.75, 3.05) is 12.3 Å². The van der Waals surface area contributed by atoms with Crippen LogP contribution in [0.1, 0.15) is 33.6 Å². The van der Waals surface area contributed by atoms with E-state index < -0.39 is 10.0 Å². The number of sulfonamides is 1. The maximum atomic E-state index is 12.2. The minimum Gasteiger partial charge on any atom is -0.381 e. The van der Waals surface area contributed by atoms with Crippen LogP contribution in [0.4, 0.5) is 5.82 Å². The Morgan fingerprint density at radius 1 is 1.58 bits per heavy atom. The monoisotopic (exact) mass is 286 g/mol. The number of hydrogen-bond donors (Lipinski definition) is 2. The quantitative estimate of drug-likeness (QED) is 0.822. The van der Waals surface area contributed by atoms with Crippen LogP contribution in [0.5, 0.6) is 0 Å². The molecule has 108 valence electrons. The molecule has 0 spiro atoms. The van der Waals surface area contributed by atoms with Crippen LogP contribution >= 0.6 is 0 Å². The molecule has 1 aliphatic carbocycles. The molecule has 1 unspecified atom stereocenters. The van der Waals surface area contributed by atoms with Gasteiger partial charge in [-0.1, -0.05) is 20.8 Å². The van der Waals surface area contributed by atoms with E-state index in [0.29, 0.717) is 19.0 Å². The standard InChI is InChI=1S/C12H22N4O2S/c1-4-5-16-8-10(11(13)15-16)19(17,18)14-7-9-6-12(9,2)3/h8-9,14H,4-7H2,1-3H3,(H2,13,15). The van der Waals surface area contributed by atoms with Gasteiger partial charge in [-0.05, 0) is 24.2 Å². The highest BCUT2D eigenvalue weighted by molar-refractivity contribution is 7.89. The van der Waals surface area contributed by atoms with Gasteiger partial charge < -0.3 is 5.73 Å².